The van der Waals surface area contributed by atoms with Crippen molar-refractivity contribution in [3.05, 3.63) is 48.2 Å². The van der Waals surface area contributed by atoms with Crippen molar-refractivity contribution >= 4 is 5.84 Å². The minimum atomic E-state index is 0.888. The zero-order valence-electron chi connectivity index (χ0n) is 10.2. The second-order valence-corrected chi connectivity index (χ2v) is 4.43. The Morgan fingerprint density at radius 2 is 1.94 bits per heavy atom. The number of rotatable bonds is 2. The van der Waals surface area contributed by atoms with E-state index < -0.39 is 0 Å². The predicted molar refractivity (Wildman–Crippen MR) is 72.8 cm³/mol. The zero-order valence-corrected chi connectivity index (χ0v) is 10.2. The lowest BCUT2D eigenvalue weighted by Crippen LogP contribution is -2.23. The normalized spacial score (nSPS) is 15.7. The van der Waals surface area contributed by atoms with E-state index in [9.17, 15) is 0 Å². The molecule has 0 fully saturated rings. The lowest BCUT2D eigenvalue weighted by molar-refractivity contribution is 0.581. The van der Waals surface area contributed by atoms with E-state index in [1.54, 1.807) is 6.26 Å². The fourth-order valence-electron chi connectivity index (χ4n) is 2.10. The molecule has 1 aromatic carbocycles. The number of nitrogens with one attached hydrogen (secondary N) is 1. The fraction of sp³-hybridized carbons (Fsp3) is 0.267. The first kappa shape index (κ1) is 11.1. The Bertz CT molecular complexity index is 543. The van der Waals surface area contributed by atoms with Crippen molar-refractivity contribution in [1.82, 2.24) is 5.32 Å². The second-order valence-electron chi connectivity index (χ2n) is 4.43. The highest BCUT2D eigenvalue weighted by atomic mass is 16.3. The highest BCUT2D eigenvalue weighted by Crippen LogP contribution is 2.22. The van der Waals surface area contributed by atoms with Crippen LogP contribution in [0.3, 0.4) is 0 Å². The summed E-state index contributed by atoms with van der Waals surface area (Å²) in [5.74, 6) is 1.85. The molecule has 3 nitrogen and oxygen atoms in total. The number of furan rings is 1. The van der Waals surface area contributed by atoms with Crippen molar-refractivity contribution in [3.63, 3.8) is 0 Å². The van der Waals surface area contributed by atoms with Gasteiger partial charge in [-0.05, 0) is 18.9 Å². The third-order valence-electron chi connectivity index (χ3n) is 3.08. The van der Waals surface area contributed by atoms with Crippen LogP contribution in [-0.2, 0) is 0 Å². The molecule has 2 aromatic rings. The van der Waals surface area contributed by atoms with Gasteiger partial charge in [0.05, 0.1) is 5.56 Å². The van der Waals surface area contributed by atoms with Crippen LogP contribution in [0.25, 0.3) is 11.3 Å². The van der Waals surface area contributed by atoms with E-state index in [1.807, 2.05) is 36.4 Å². The Labute approximate surface area is 107 Å². The number of aliphatic imine (C=N–C) groups is 1. The van der Waals surface area contributed by atoms with Crippen LogP contribution >= 0.6 is 0 Å². The van der Waals surface area contributed by atoms with Crippen LogP contribution in [0.2, 0.25) is 0 Å². The van der Waals surface area contributed by atoms with Crippen LogP contribution in [0.15, 0.2) is 52.1 Å². The molecule has 3 heteroatoms. The van der Waals surface area contributed by atoms with Crippen molar-refractivity contribution in [2.45, 2.75) is 12.8 Å². The second kappa shape index (κ2) is 5.08. The van der Waals surface area contributed by atoms with Gasteiger partial charge in [-0.3, -0.25) is 4.99 Å². The SMILES string of the molecule is c1ccc(-c2cc(C3=NCCCCN3)co2)cc1. The van der Waals surface area contributed by atoms with E-state index in [0.717, 1.165) is 42.2 Å². The summed E-state index contributed by atoms with van der Waals surface area (Å²) < 4.78 is 5.62. The Kier molecular flexibility index (Phi) is 3.13. The molecule has 2 heterocycles. The number of nitrogens with zero attached hydrogens (tertiary/aromatic N) is 1. The summed E-state index contributed by atoms with van der Waals surface area (Å²) in [7, 11) is 0. The van der Waals surface area contributed by atoms with Gasteiger partial charge in [0.2, 0.25) is 0 Å². The van der Waals surface area contributed by atoms with Crippen LogP contribution in [0.5, 0.6) is 0 Å². The molecule has 1 aromatic heterocycles. The van der Waals surface area contributed by atoms with Gasteiger partial charge in [-0.2, -0.15) is 0 Å². The molecule has 18 heavy (non-hydrogen) atoms. The maximum absolute atomic E-state index is 5.62. The molecule has 0 amide bonds. The van der Waals surface area contributed by atoms with Gasteiger partial charge in [0.15, 0.2) is 0 Å². The topological polar surface area (TPSA) is 37.5 Å². The molecule has 1 N–H and O–H groups in total. The third kappa shape index (κ3) is 2.30. The predicted octanol–water partition coefficient (Wildman–Crippen LogP) is 3.08. The van der Waals surface area contributed by atoms with Gasteiger partial charge in [0.25, 0.3) is 0 Å². The van der Waals surface area contributed by atoms with Crippen molar-refractivity contribution in [2.75, 3.05) is 13.1 Å². The van der Waals surface area contributed by atoms with E-state index in [1.165, 1.54) is 6.42 Å². The molecule has 0 saturated carbocycles. The highest BCUT2D eigenvalue weighted by molar-refractivity contribution is 5.99. The van der Waals surface area contributed by atoms with Gasteiger partial charge < -0.3 is 9.73 Å². The Morgan fingerprint density at radius 1 is 1.06 bits per heavy atom. The third-order valence-corrected chi connectivity index (χ3v) is 3.08. The maximum atomic E-state index is 5.62. The summed E-state index contributed by atoms with van der Waals surface area (Å²) in [6, 6.07) is 12.2. The molecule has 0 atom stereocenters. The molecule has 0 aliphatic carbocycles. The summed E-state index contributed by atoms with van der Waals surface area (Å²) in [5, 5.41) is 3.35. The van der Waals surface area contributed by atoms with E-state index in [-0.39, 0.29) is 0 Å². The van der Waals surface area contributed by atoms with Gasteiger partial charge in [0, 0.05) is 18.7 Å². The van der Waals surface area contributed by atoms with Crippen LogP contribution < -0.4 is 5.32 Å². The van der Waals surface area contributed by atoms with Crippen molar-refractivity contribution < 1.29 is 4.42 Å². The Hall–Kier alpha value is -2.03. The monoisotopic (exact) mass is 240 g/mol. The molecule has 92 valence electrons. The maximum Gasteiger partial charge on any atom is 0.134 e. The molecule has 0 unspecified atom stereocenters. The standard InChI is InChI=1S/C15H16N2O/c1-2-6-12(7-3-1)14-10-13(11-18-14)15-16-8-4-5-9-17-15/h1-3,6-7,10-11H,4-5,8-9H2,(H,16,17). The van der Waals surface area contributed by atoms with Gasteiger partial charge in [0.1, 0.15) is 17.9 Å². The van der Waals surface area contributed by atoms with E-state index in [0.29, 0.717) is 0 Å². The largest absolute Gasteiger partial charge is 0.464 e. The Morgan fingerprint density at radius 3 is 2.83 bits per heavy atom. The van der Waals surface area contributed by atoms with Gasteiger partial charge >= 0.3 is 0 Å². The van der Waals surface area contributed by atoms with Crippen molar-refractivity contribution in [3.8, 4) is 11.3 Å². The summed E-state index contributed by atoms with van der Waals surface area (Å²) in [6.07, 6.45) is 4.11. The summed E-state index contributed by atoms with van der Waals surface area (Å²) in [4.78, 5) is 4.55. The molecule has 0 saturated heterocycles. The van der Waals surface area contributed by atoms with Crippen LogP contribution in [-0.4, -0.2) is 18.9 Å². The molecule has 0 bridgehead atoms. The molecular weight excluding hydrogens is 224 g/mol. The number of hydrogen-bond acceptors (Lipinski definition) is 3. The molecule has 3 rings (SSSR count). The number of amidine groups is 1. The lowest BCUT2D eigenvalue weighted by atomic mass is 10.1. The quantitative estimate of drug-likeness (QED) is 0.876. The summed E-state index contributed by atoms with van der Waals surface area (Å²) in [6.45, 7) is 1.89. The van der Waals surface area contributed by atoms with E-state index in [2.05, 4.69) is 10.3 Å². The average Bonchev–Trinajstić information content (AvgIpc) is 2.76. The summed E-state index contributed by atoms with van der Waals surface area (Å²) in [5.41, 5.74) is 2.13. The van der Waals surface area contributed by atoms with Crippen molar-refractivity contribution in [2.24, 2.45) is 4.99 Å². The molecule has 0 radical (unpaired) electrons. The Balaban J connectivity index is 1.87. The van der Waals surface area contributed by atoms with Crippen LogP contribution in [0, 0.1) is 0 Å². The smallest absolute Gasteiger partial charge is 0.134 e. The number of benzene rings is 1. The first-order chi connectivity index (χ1) is 8.93. The first-order valence-electron chi connectivity index (χ1n) is 6.36. The first-order valence-corrected chi connectivity index (χ1v) is 6.36. The van der Waals surface area contributed by atoms with Crippen molar-refractivity contribution in [1.29, 1.82) is 0 Å². The number of hydrogen-bond donors (Lipinski definition) is 1. The molecule has 1 aliphatic rings. The van der Waals surface area contributed by atoms with Gasteiger partial charge in [-0.1, -0.05) is 30.3 Å². The van der Waals surface area contributed by atoms with E-state index in [4.69, 9.17) is 4.42 Å². The molecule has 0 spiro atoms. The van der Waals surface area contributed by atoms with Crippen LogP contribution in [0.1, 0.15) is 18.4 Å². The molecular formula is C15H16N2O. The minimum Gasteiger partial charge on any atom is -0.464 e. The fourth-order valence-corrected chi connectivity index (χ4v) is 2.10. The van der Waals surface area contributed by atoms with Gasteiger partial charge in [-0.25, -0.2) is 0 Å². The minimum absolute atomic E-state index is 0.888. The average molecular weight is 240 g/mol. The zero-order chi connectivity index (χ0) is 12.2. The summed E-state index contributed by atoms with van der Waals surface area (Å²) >= 11 is 0. The highest BCUT2D eigenvalue weighted by Gasteiger charge is 2.10. The van der Waals surface area contributed by atoms with Crippen LogP contribution in [0.4, 0.5) is 0 Å². The molecule has 1 aliphatic heterocycles. The van der Waals surface area contributed by atoms with E-state index >= 15 is 0 Å². The lowest BCUT2D eigenvalue weighted by Gasteiger charge is -2.02. The van der Waals surface area contributed by atoms with Gasteiger partial charge in [-0.15, -0.1) is 0 Å².